The second kappa shape index (κ2) is 7.47. The van der Waals surface area contributed by atoms with Gasteiger partial charge in [0.2, 0.25) is 5.95 Å². The molecule has 1 fully saturated rings. The summed E-state index contributed by atoms with van der Waals surface area (Å²) < 4.78 is 38.6. The van der Waals surface area contributed by atoms with Crippen LogP contribution >= 0.6 is 11.6 Å². The highest BCUT2D eigenvalue weighted by molar-refractivity contribution is 6.33. The van der Waals surface area contributed by atoms with Gasteiger partial charge in [0.05, 0.1) is 16.3 Å². The number of alkyl halides is 3. The fourth-order valence-corrected chi connectivity index (χ4v) is 2.97. The van der Waals surface area contributed by atoms with Crippen molar-refractivity contribution in [3.8, 4) is 0 Å². The molecule has 1 saturated heterocycles. The predicted octanol–water partition coefficient (Wildman–Crippen LogP) is 5.27. The minimum Gasteiger partial charge on any atom is -0.356 e. The van der Waals surface area contributed by atoms with E-state index in [9.17, 15) is 13.2 Å². The van der Waals surface area contributed by atoms with Crippen molar-refractivity contribution in [1.29, 1.82) is 0 Å². The zero-order valence-corrected chi connectivity index (χ0v) is 14.2. The topological polar surface area (TPSA) is 41.1 Å². The molecule has 25 heavy (non-hydrogen) atoms. The van der Waals surface area contributed by atoms with Gasteiger partial charge in [0, 0.05) is 19.3 Å². The molecule has 3 rings (SSSR count). The number of nitrogens with one attached hydrogen (secondary N) is 1. The van der Waals surface area contributed by atoms with E-state index in [4.69, 9.17) is 11.6 Å². The molecule has 134 valence electrons. The maximum absolute atomic E-state index is 12.9. The maximum atomic E-state index is 12.9. The standard InChI is InChI=1S/C17H18ClF3N4/c18-13-6-5-12(17(19,20)21)11-14(13)23-16-22-8-7-15(24-16)25-9-3-1-2-4-10-25/h5-8,11H,1-4,9-10H2,(H,22,23,24). The lowest BCUT2D eigenvalue weighted by Crippen LogP contribution is -2.25. The molecule has 1 aromatic carbocycles. The zero-order chi connectivity index (χ0) is 17.9. The molecule has 0 aliphatic carbocycles. The van der Waals surface area contributed by atoms with Crippen molar-refractivity contribution in [3.05, 3.63) is 41.0 Å². The monoisotopic (exact) mass is 370 g/mol. The quantitative estimate of drug-likeness (QED) is 0.798. The van der Waals surface area contributed by atoms with E-state index in [0.717, 1.165) is 43.9 Å². The van der Waals surface area contributed by atoms with Crippen molar-refractivity contribution < 1.29 is 13.2 Å². The molecule has 0 atom stereocenters. The van der Waals surface area contributed by atoms with E-state index in [1.807, 2.05) is 6.07 Å². The summed E-state index contributed by atoms with van der Waals surface area (Å²) in [5, 5.41) is 2.98. The van der Waals surface area contributed by atoms with Crippen LogP contribution in [0.15, 0.2) is 30.5 Å². The van der Waals surface area contributed by atoms with Gasteiger partial charge in [-0.05, 0) is 37.1 Å². The van der Waals surface area contributed by atoms with Crippen molar-refractivity contribution >= 4 is 29.1 Å². The van der Waals surface area contributed by atoms with Crippen molar-refractivity contribution in [1.82, 2.24) is 9.97 Å². The van der Waals surface area contributed by atoms with Crippen molar-refractivity contribution in [2.75, 3.05) is 23.3 Å². The fraction of sp³-hybridized carbons (Fsp3) is 0.412. The maximum Gasteiger partial charge on any atom is 0.416 e. The number of aromatic nitrogens is 2. The van der Waals surface area contributed by atoms with Crippen molar-refractivity contribution in [2.45, 2.75) is 31.9 Å². The summed E-state index contributed by atoms with van der Waals surface area (Å²) in [7, 11) is 0. The van der Waals surface area contributed by atoms with Gasteiger partial charge in [-0.15, -0.1) is 0 Å². The molecule has 0 bridgehead atoms. The highest BCUT2D eigenvalue weighted by Crippen LogP contribution is 2.34. The van der Waals surface area contributed by atoms with E-state index in [2.05, 4.69) is 20.2 Å². The van der Waals surface area contributed by atoms with Gasteiger partial charge in [0.1, 0.15) is 5.82 Å². The van der Waals surface area contributed by atoms with Gasteiger partial charge in [-0.2, -0.15) is 18.2 Å². The van der Waals surface area contributed by atoms with E-state index in [1.165, 1.54) is 18.9 Å². The molecule has 2 aromatic rings. The van der Waals surface area contributed by atoms with Crippen LogP contribution in [0.5, 0.6) is 0 Å². The lowest BCUT2D eigenvalue weighted by atomic mass is 10.2. The second-order valence-corrected chi connectivity index (χ2v) is 6.36. The molecule has 0 amide bonds. The third-order valence-electron chi connectivity index (χ3n) is 4.11. The lowest BCUT2D eigenvalue weighted by Gasteiger charge is -2.21. The largest absolute Gasteiger partial charge is 0.416 e. The Labute approximate surface area is 149 Å². The molecule has 4 nitrogen and oxygen atoms in total. The molecule has 1 N–H and O–H groups in total. The molecule has 1 aliphatic rings. The van der Waals surface area contributed by atoms with Crippen LogP contribution in [0.2, 0.25) is 5.02 Å². The van der Waals surface area contributed by atoms with E-state index in [1.54, 1.807) is 6.20 Å². The molecule has 1 aromatic heterocycles. The molecule has 0 unspecified atom stereocenters. The number of halogens is 4. The summed E-state index contributed by atoms with van der Waals surface area (Å²) in [6.07, 6.45) is 1.77. The van der Waals surface area contributed by atoms with Gasteiger partial charge in [-0.3, -0.25) is 0 Å². The zero-order valence-electron chi connectivity index (χ0n) is 13.5. The van der Waals surface area contributed by atoms with Crippen LogP contribution in [0.1, 0.15) is 31.2 Å². The van der Waals surface area contributed by atoms with Gasteiger partial charge in [-0.25, -0.2) is 4.98 Å². The van der Waals surface area contributed by atoms with Crippen LogP contribution in [0.25, 0.3) is 0 Å². The van der Waals surface area contributed by atoms with Gasteiger partial charge in [0.25, 0.3) is 0 Å². The van der Waals surface area contributed by atoms with E-state index >= 15 is 0 Å². The average molecular weight is 371 g/mol. The molecule has 0 radical (unpaired) electrons. The van der Waals surface area contributed by atoms with Gasteiger partial charge >= 0.3 is 6.18 Å². The van der Waals surface area contributed by atoms with E-state index in [0.29, 0.717) is 0 Å². The summed E-state index contributed by atoms with van der Waals surface area (Å²) in [5.41, 5.74) is -0.646. The Hall–Kier alpha value is -2.02. The number of anilines is 3. The van der Waals surface area contributed by atoms with Gasteiger partial charge in [-0.1, -0.05) is 24.4 Å². The first-order chi connectivity index (χ1) is 11.9. The number of nitrogens with zero attached hydrogens (tertiary/aromatic N) is 3. The number of benzene rings is 1. The highest BCUT2D eigenvalue weighted by atomic mass is 35.5. The third-order valence-corrected chi connectivity index (χ3v) is 4.44. The summed E-state index contributed by atoms with van der Waals surface area (Å²) in [6, 6.07) is 4.93. The summed E-state index contributed by atoms with van der Waals surface area (Å²) in [4.78, 5) is 10.7. The second-order valence-electron chi connectivity index (χ2n) is 5.96. The van der Waals surface area contributed by atoms with Crippen LogP contribution in [0.4, 0.5) is 30.6 Å². The molecular formula is C17H18ClF3N4. The summed E-state index contributed by atoms with van der Waals surface area (Å²) in [5.74, 6) is 0.991. The summed E-state index contributed by atoms with van der Waals surface area (Å²) in [6.45, 7) is 1.83. The van der Waals surface area contributed by atoms with Crippen LogP contribution in [0, 0.1) is 0 Å². The first kappa shape index (κ1) is 17.8. The Kier molecular flexibility index (Phi) is 5.32. The number of rotatable bonds is 3. The number of hydrogen-bond donors (Lipinski definition) is 1. The third kappa shape index (κ3) is 4.54. The average Bonchev–Trinajstić information content (AvgIpc) is 2.85. The first-order valence-electron chi connectivity index (χ1n) is 8.15. The fourth-order valence-electron chi connectivity index (χ4n) is 2.80. The smallest absolute Gasteiger partial charge is 0.356 e. The lowest BCUT2D eigenvalue weighted by molar-refractivity contribution is -0.137. The van der Waals surface area contributed by atoms with Crippen molar-refractivity contribution in [2.24, 2.45) is 0 Å². The Morgan fingerprint density at radius 3 is 2.44 bits per heavy atom. The molecule has 2 heterocycles. The number of hydrogen-bond acceptors (Lipinski definition) is 4. The Morgan fingerprint density at radius 1 is 1.04 bits per heavy atom. The predicted molar refractivity (Wildman–Crippen MR) is 92.4 cm³/mol. The highest BCUT2D eigenvalue weighted by Gasteiger charge is 2.31. The minimum absolute atomic E-state index is 0.129. The Balaban J connectivity index is 1.82. The first-order valence-corrected chi connectivity index (χ1v) is 8.53. The van der Waals surface area contributed by atoms with Crippen LogP contribution < -0.4 is 10.2 Å². The van der Waals surface area contributed by atoms with Crippen LogP contribution in [-0.2, 0) is 6.18 Å². The molecule has 0 saturated carbocycles. The van der Waals surface area contributed by atoms with Gasteiger partial charge < -0.3 is 10.2 Å². The Bertz CT molecular complexity index is 728. The summed E-state index contributed by atoms with van der Waals surface area (Å²) >= 11 is 6.01. The van der Waals surface area contributed by atoms with Crippen LogP contribution in [-0.4, -0.2) is 23.1 Å². The van der Waals surface area contributed by atoms with Crippen LogP contribution in [0.3, 0.4) is 0 Å². The van der Waals surface area contributed by atoms with E-state index in [-0.39, 0.29) is 16.7 Å². The van der Waals surface area contributed by atoms with Gasteiger partial charge in [0.15, 0.2) is 0 Å². The SMILES string of the molecule is FC(F)(F)c1ccc(Cl)c(Nc2nccc(N3CCCCCC3)n2)c1. The normalized spacial score (nSPS) is 15.8. The molecule has 0 spiro atoms. The Morgan fingerprint density at radius 2 is 1.76 bits per heavy atom. The molecular weight excluding hydrogens is 353 g/mol. The minimum atomic E-state index is -4.43. The molecule has 8 heteroatoms. The molecule has 1 aliphatic heterocycles. The van der Waals surface area contributed by atoms with E-state index < -0.39 is 11.7 Å². The van der Waals surface area contributed by atoms with Crippen molar-refractivity contribution in [3.63, 3.8) is 0 Å².